The second kappa shape index (κ2) is 6.71. The normalized spacial score (nSPS) is 18.0. The number of hydrogen-bond acceptors (Lipinski definition) is 5. The van der Waals surface area contributed by atoms with Gasteiger partial charge in [-0.3, -0.25) is 0 Å². The fraction of sp³-hybridized carbons (Fsp3) is 0.625. The highest BCUT2D eigenvalue weighted by molar-refractivity contribution is 7.16. The maximum Gasteiger partial charge on any atom is 0.161 e. The second-order valence-corrected chi connectivity index (χ2v) is 6.49. The van der Waals surface area contributed by atoms with Crippen molar-refractivity contribution in [1.82, 2.24) is 9.97 Å². The lowest BCUT2D eigenvalue weighted by atomic mass is 9.85. The van der Waals surface area contributed by atoms with E-state index in [1.165, 1.54) is 32.1 Å². The van der Waals surface area contributed by atoms with E-state index in [0.29, 0.717) is 12.5 Å². The van der Waals surface area contributed by atoms with Crippen LogP contribution in [0, 0.1) is 5.92 Å². The van der Waals surface area contributed by atoms with Crippen molar-refractivity contribution in [3.63, 3.8) is 0 Å². The largest absolute Gasteiger partial charge is 0.372 e. The molecule has 0 spiro atoms. The van der Waals surface area contributed by atoms with Crippen molar-refractivity contribution >= 4 is 27.4 Å². The number of nitrogens with one attached hydrogen (secondary N) is 1. The van der Waals surface area contributed by atoms with Crippen LogP contribution in [0.3, 0.4) is 0 Å². The average molecular weight is 305 g/mol. The molecule has 1 atom stereocenters. The summed E-state index contributed by atoms with van der Waals surface area (Å²) in [6.07, 6.45) is 6.44. The monoisotopic (exact) mass is 305 g/mol. The Morgan fingerprint density at radius 1 is 1.33 bits per heavy atom. The van der Waals surface area contributed by atoms with Gasteiger partial charge in [-0.15, -0.1) is 11.3 Å². The molecule has 2 aromatic rings. The summed E-state index contributed by atoms with van der Waals surface area (Å²) in [6.45, 7) is 2.76. The van der Waals surface area contributed by atoms with Crippen molar-refractivity contribution in [2.24, 2.45) is 5.92 Å². The summed E-state index contributed by atoms with van der Waals surface area (Å²) in [7, 11) is 1.92. The highest BCUT2D eigenvalue weighted by Gasteiger charge is 2.28. The quantitative estimate of drug-likeness (QED) is 0.890. The van der Waals surface area contributed by atoms with Crippen LogP contribution in [0.15, 0.2) is 11.4 Å². The van der Waals surface area contributed by atoms with E-state index < -0.39 is 0 Å². The Labute approximate surface area is 129 Å². The number of anilines is 1. The molecular formula is C16H23N3OS. The summed E-state index contributed by atoms with van der Waals surface area (Å²) in [5.41, 5.74) is 0. The van der Waals surface area contributed by atoms with Gasteiger partial charge in [0.2, 0.25) is 0 Å². The van der Waals surface area contributed by atoms with Crippen LogP contribution in [0.1, 0.15) is 51.0 Å². The molecule has 1 fully saturated rings. The van der Waals surface area contributed by atoms with Gasteiger partial charge in [-0.25, -0.2) is 9.97 Å². The molecule has 0 saturated heterocycles. The van der Waals surface area contributed by atoms with E-state index in [2.05, 4.69) is 23.7 Å². The Morgan fingerprint density at radius 2 is 2.14 bits per heavy atom. The van der Waals surface area contributed by atoms with Crippen molar-refractivity contribution in [3.05, 3.63) is 17.3 Å². The van der Waals surface area contributed by atoms with E-state index in [-0.39, 0.29) is 6.10 Å². The van der Waals surface area contributed by atoms with Crippen LogP contribution in [0.25, 0.3) is 10.2 Å². The molecular weight excluding hydrogens is 282 g/mol. The first-order valence-electron chi connectivity index (χ1n) is 7.88. The maximum absolute atomic E-state index is 6.04. The third-order valence-corrected chi connectivity index (χ3v) is 5.06. The topological polar surface area (TPSA) is 47.0 Å². The molecule has 1 N–H and O–H groups in total. The van der Waals surface area contributed by atoms with Crippen LogP contribution < -0.4 is 5.32 Å². The number of aromatic nitrogens is 2. The molecule has 2 heterocycles. The molecule has 0 aliphatic heterocycles. The zero-order chi connectivity index (χ0) is 14.7. The van der Waals surface area contributed by atoms with Gasteiger partial charge in [0.15, 0.2) is 5.82 Å². The highest BCUT2D eigenvalue weighted by Crippen LogP contribution is 2.37. The summed E-state index contributed by atoms with van der Waals surface area (Å²) >= 11 is 1.67. The second-order valence-electron chi connectivity index (χ2n) is 5.59. The van der Waals surface area contributed by atoms with Crippen LogP contribution in [0.2, 0.25) is 0 Å². The van der Waals surface area contributed by atoms with Crippen LogP contribution >= 0.6 is 11.3 Å². The van der Waals surface area contributed by atoms with E-state index in [4.69, 9.17) is 14.7 Å². The summed E-state index contributed by atoms with van der Waals surface area (Å²) in [6, 6.07) is 2.08. The lowest BCUT2D eigenvalue weighted by Gasteiger charge is -2.29. The van der Waals surface area contributed by atoms with Gasteiger partial charge in [-0.05, 0) is 37.1 Å². The van der Waals surface area contributed by atoms with Crippen molar-refractivity contribution in [2.75, 3.05) is 19.0 Å². The van der Waals surface area contributed by atoms with Gasteiger partial charge in [0.25, 0.3) is 0 Å². The number of rotatable bonds is 5. The number of nitrogens with zero attached hydrogens (tertiary/aromatic N) is 2. The van der Waals surface area contributed by atoms with Crippen molar-refractivity contribution in [2.45, 2.75) is 45.1 Å². The zero-order valence-corrected chi connectivity index (χ0v) is 13.6. The predicted octanol–water partition coefficient (Wildman–Crippen LogP) is 4.39. The molecule has 3 rings (SSSR count). The van der Waals surface area contributed by atoms with E-state index in [1.54, 1.807) is 11.3 Å². The fourth-order valence-electron chi connectivity index (χ4n) is 3.23. The molecule has 2 aromatic heterocycles. The van der Waals surface area contributed by atoms with E-state index in [1.807, 2.05) is 7.05 Å². The predicted molar refractivity (Wildman–Crippen MR) is 87.9 cm³/mol. The molecule has 1 aliphatic carbocycles. The Balaban J connectivity index is 1.97. The van der Waals surface area contributed by atoms with Crippen LogP contribution in [-0.2, 0) is 4.74 Å². The molecule has 21 heavy (non-hydrogen) atoms. The average Bonchev–Trinajstić information content (AvgIpc) is 3.01. The highest BCUT2D eigenvalue weighted by atomic mass is 32.1. The summed E-state index contributed by atoms with van der Waals surface area (Å²) in [5.74, 6) is 2.32. The van der Waals surface area contributed by atoms with Gasteiger partial charge < -0.3 is 10.1 Å². The summed E-state index contributed by atoms with van der Waals surface area (Å²) in [5, 5.41) is 6.37. The Kier molecular flexibility index (Phi) is 4.70. The summed E-state index contributed by atoms with van der Waals surface area (Å²) < 4.78 is 6.04. The van der Waals surface area contributed by atoms with Gasteiger partial charge in [0, 0.05) is 13.7 Å². The molecule has 0 aromatic carbocycles. The Morgan fingerprint density at radius 3 is 2.86 bits per heavy atom. The number of ether oxygens (including phenoxy) is 1. The minimum Gasteiger partial charge on any atom is -0.372 e. The SMILES string of the molecule is CCOC(c1nc(NC)c2ccsc2n1)C1CCCCC1. The lowest BCUT2D eigenvalue weighted by Crippen LogP contribution is -2.21. The maximum atomic E-state index is 6.04. The zero-order valence-electron chi connectivity index (χ0n) is 12.8. The standard InChI is InChI=1S/C16H23N3OS/c1-3-20-13(11-7-5-4-6-8-11)15-18-14(17-2)12-9-10-21-16(12)19-15/h9-11,13H,3-8H2,1-2H3,(H,17,18,19). The number of fused-ring (bicyclic) bond motifs is 1. The van der Waals surface area contributed by atoms with Crippen molar-refractivity contribution in [1.29, 1.82) is 0 Å². The first-order valence-corrected chi connectivity index (χ1v) is 8.76. The minimum absolute atomic E-state index is 0.0360. The van der Waals surface area contributed by atoms with Crippen molar-refractivity contribution < 1.29 is 4.74 Å². The van der Waals surface area contributed by atoms with E-state index in [9.17, 15) is 0 Å². The van der Waals surface area contributed by atoms with Gasteiger partial charge >= 0.3 is 0 Å². The van der Waals surface area contributed by atoms with Gasteiger partial charge in [-0.2, -0.15) is 0 Å². The summed E-state index contributed by atoms with van der Waals surface area (Å²) in [4.78, 5) is 10.6. The molecule has 0 amide bonds. The third kappa shape index (κ3) is 3.04. The van der Waals surface area contributed by atoms with Gasteiger partial charge in [0.05, 0.1) is 5.39 Å². The molecule has 0 bridgehead atoms. The first-order chi connectivity index (χ1) is 10.3. The molecule has 1 unspecified atom stereocenters. The Hall–Kier alpha value is -1.20. The molecule has 4 nitrogen and oxygen atoms in total. The lowest BCUT2D eigenvalue weighted by molar-refractivity contribution is 0.000154. The van der Waals surface area contributed by atoms with E-state index >= 15 is 0 Å². The molecule has 1 saturated carbocycles. The number of thiophene rings is 1. The number of hydrogen-bond donors (Lipinski definition) is 1. The molecule has 5 heteroatoms. The minimum atomic E-state index is 0.0360. The van der Waals surface area contributed by atoms with Crippen LogP contribution in [0.5, 0.6) is 0 Å². The van der Waals surface area contributed by atoms with Crippen molar-refractivity contribution in [3.8, 4) is 0 Å². The van der Waals surface area contributed by atoms with Crippen LogP contribution in [0.4, 0.5) is 5.82 Å². The van der Waals surface area contributed by atoms with Crippen LogP contribution in [-0.4, -0.2) is 23.6 Å². The Bertz CT molecular complexity index is 592. The smallest absolute Gasteiger partial charge is 0.161 e. The van der Waals surface area contributed by atoms with Gasteiger partial charge in [-0.1, -0.05) is 19.3 Å². The van der Waals surface area contributed by atoms with Gasteiger partial charge in [0.1, 0.15) is 16.8 Å². The third-order valence-electron chi connectivity index (χ3n) is 4.26. The first kappa shape index (κ1) is 14.7. The molecule has 114 valence electrons. The fourth-order valence-corrected chi connectivity index (χ4v) is 4.00. The molecule has 1 aliphatic rings. The molecule has 0 radical (unpaired) electrons. The van der Waals surface area contributed by atoms with E-state index in [0.717, 1.165) is 21.9 Å².